The highest BCUT2D eigenvalue weighted by atomic mass is 32.2. The highest BCUT2D eigenvalue weighted by Gasteiger charge is 2.10. The van der Waals surface area contributed by atoms with E-state index in [0.717, 1.165) is 18.8 Å². The Morgan fingerprint density at radius 3 is 2.61 bits per heavy atom. The zero-order chi connectivity index (χ0) is 16.9. The number of likely N-dealkylation sites (N-methyl/N-ethyl adjacent to an activating group) is 1. The molecule has 0 aliphatic heterocycles. The molecule has 1 unspecified atom stereocenters. The topological polar surface area (TPSA) is 59.3 Å². The monoisotopic (exact) mass is 335 g/mol. The number of hydrogen-bond donors (Lipinski definition) is 2. The molecule has 2 N–H and O–H groups in total. The lowest BCUT2D eigenvalue weighted by atomic mass is 10.2. The SMILES string of the molecule is CCCSCCCN(CC)CC(O)CNc1ccc(C#N)cc1. The summed E-state index contributed by atoms with van der Waals surface area (Å²) in [5.41, 5.74) is 1.58. The van der Waals surface area contributed by atoms with E-state index in [9.17, 15) is 5.11 Å². The van der Waals surface area contributed by atoms with Gasteiger partial charge in [-0.25, -0.2) is 0 Å². The molecule has 0 amide bonds. The Bertz CT molecular complexity index is 458. The van der Waals surface area contributed by atoms with E-state index < -0.39 is 6.10 Å². The minimum absolute atomic E-state index is 0.395. The molecule has 128 valence electrons. The van der Waals surface area contributed by atoms with Gasteiger partial charge in [0.05, 0.1) is 17.7 Å². The molecule has 4 nitrogen and oxygen atoms in total. The number of nitriles is 1. The summed E-state index contributed by atoms with van der Waals surface area (Å²) in [6.45, 7) is 7.57. The maximum Gasteiger partial charge on any atom is 0.0991 e. The van der Waals surface area contributed by atoms with Crippen molar-refractivity contribution in [3.05, 3.63) is 29.8 Å². The number of thioether (sulfide) groups is 1. The molecule has 0 aliphatic carbocycles. The van der Waals surface area contributed by atoms with Crippen molar-refractivity contribution < 1.29 is 5.11 Å². The lowest BCUT2D eigenvalue weighted by Crippen LogP contribution is -2.36. The molecule has 0 bridgehead atoms. The standard InChI is InChI=1S/C18H29N3OS/c1-3-11-23-12-5-10-21(4-2)15-18(22)14-20-17-8-6-16(13-19)7-9-17/h6-9,18,20,22H,3-5,10-12,14-15H2,1-2H3. The molecule has 0 aromatic heterocycles. The van der Waals surface area contributed by atoms with Crippen molar-refractivity contribution in [3.8, 4) is 6.07 Å². The summed E-state index contributed by atoms with van der Waals surface area (Å²) in [5, 5.41) is 22.2. The zero-order valence-corrected chi connectivity index (χ0v) is 15.1. The van der Waals surface area contributed by atoms with Crippen LogP contribution in [0.5, 0.6) is 0 Å². The van der Waals surface area contributed by atoms with Gasteiger partial charge in [0.2, 0.25) is 0 Å². The van der Waals surface area contributed by atoms with E-state index in [4.69, 9.17) is 5.26 Å². The first-order valence-corrected chi connectivity index (χ1v) is 9.57. The molecule has 0 saturated heterocycles. The van der Waals surface area contributed by atoms with Crippen LogP contribution >= 0.6 is 11.8 Å². The first kappa shape index (κ1) is 19.8. The number of aliphatic hydroxyl groups excluding tert-OH is 1. The van der Waals surface area contributed by atoms with Gasteiger partial charge >= 0.3 is 0 Å². The van der Waals surface area contributed by atoms with Crippen LogP contribution in [0, 0.1) is 11.3 Å². The molecule has 0 heterocycles. The van der Waals surface area contributed by atoms with Crippen molar-refractivity contribution >= 4 is 17.4 Å². The van der Waals surface area contributed by atoms with E-state index in [2.05, 4.69) is 30.1 Å². The fraction of sp³-hybridized carbons (Fsp3) is 0.611. The van der Waals surface area contributed by atoms with Crippen molar-refractivity contribution in [1.29, 1.82) is 5.26 Å². The molecule has 1 atom stereocenters. The fourth-order valence-corrected chi connectivity index (χ4v) is 3.10. The molecule has 1 rings (SSSR count). The number of aliphatic hydroxyl groups is 1. The van der Waals surface area contributed by atoms with Crippen LogP contribution in [0.1, 0.15) is 32.3 Å². The van der Waals surface area contributed by atoms with Crippen LogP contribution in [0.15, 0.2) is 24.3 Å². The van der Waals surface area contributed by atoms with E-state index in [1.807, 2.05) is 23.9 Å². The van der Waals surface area contributed by atoms with Gasteiger partial charge in [-0.15, -0.1) is 0 Å². The quantitative estimate of drug-likeness (QED) is 0.575. The summed E-state index contributed by atoms with van der Waals surface area (Å²) in [7, 11) is 0. The van der Waals surface area contributed by atoms with Gasteiger partial charge in [0, 0.05) is 18.8 Å². The van der Waals surface area contributed by atoms with Crippen LogP contribution in [0.2, 0.25) is 0 Å². The van der Waals surface area contributed by atoms with Crippen molar-refractivity contribution in [2.75, 3.05) is 43.0 Å². The molecule has 1 aromatic carbocycles. The van der Waals surface area contributed by atoms with E-state index >= 15 is 0 Å². The van der Waals surface area contributed by atoms with Gasteiger partial charge in [-0.1, -0.05) is 13.8 Å². The minimum Gasteiger partial charge on any atom is -0.390 e. The predicted molar refractivity (Wildman–Crippen MR) is 100 cm³/mol. The Morgan fingerprint density at radius 2 is 2.00 bits per heavy atom. The number of nitrogens with one attached hydrogen (secondary N) is 1. The summed E-state index contributed by atoms with van der Waals surface area (Å²) < 4.78 is 0. The van der Waals surface area contributed by atoms with E-state index in [1.54, 1.807) is 12.1 Å². The number of anilines is 1. The lowest BCUT2D eigenvalue weighted by molar-refractivity contribution is 0.125. The molecule has 0 radical (unpaired) electrons. The van der Waals surface area contributed by atoms with Crippen molar-refractivity contribution in [2.45, 2.75) is 32.8 Å². The van der Waals surface area contributed by atoms with Gasteiger partial charge in [0.25, 0.3) is 0 Å². The Labute approximate surface area is 144 Å². The molecule has 0 aliphatic rings. The normalized spacial score (nSPS) is 12.1. The molecule has 0 spiro atoms. The summed E-state index contributed by atoms with van der Waals surface area (Å²) in [6, 6.07) is 9.39. The highest BCUT2D eigenvalue weighted by Crippen LogP contribution is 2.09. The van der Waals surface area contributed by atoms with E-state index in [0.29, 0.717) is 18.7 Å². The number of nitrogens with zero attached hydrogens (tertiary/aromatic N) is 2. The van der Waals surface area contributed by atoms with Crippen molar-refractivity contribution in [3.63, 3.8) is 0 Å². The second-order valence-corrected chi connectivity index (χ2v) is 6.81. The van der Waals surface area contributed by atoms with Crippen LogP contribution in [-0.2, 0) is 0 Å². The second kappa shape index (κ2) is 12.2. The zero-order valence-electron chi connectivity index (χ0n) is 14.3. The van der Waals surface area contributed by atoms with Crippen LogP contribution in [0.25, 0.3) is 0 Å². The van der Waals surface area contributed by atoms with Gasteiger partial charge in [0.15, 0.2) is 0 Å². The maximum absolute atomic E-state index is 10.2. The molecule has 0 saturated carbocycles. The molecule has 0 fully saturated rings. The van der Waals surface area contributed by atoms with Crippen LogP contribution in [-0.4, -0.2) is 53.8 Å². The third kappa shape index (κ3) is 8.85. The molecular weight excluding hydrogens is 306 g/mol. The first-order chi connectivity index (χ1) is 11.2. The Hall–Kier alpha value is -1.22. The van der Waals surface area contributed by atoms with Gasteiger partial charge < -0.3 is 15.3 Å². The maximum atomic E-state index is 10.2. The smallest absolute Gasteiger partial charge is 0.0991 e. The minimum atomic E-state index is -0.395. The van der Waals surface area contributed by atoms with E-state index in [1.165, 1.54) is 24.3 Å². The molecule has 1 aromatic rings. The van der Waals surface area contributed by atoms with Crippen molar-refractivity contribution in [1.82, 2.24) is 4.90 Å². The number of hydrogen-bond acceptors (Lipinski definition) is 5. The number of benzene rings is 1. The van der Waals surface area contributed by atoms with Gasteiger partial charge in [0.1, 0.15) is 0 Å². The molecular formula is C18H29N3OS. The van der Waals surface area contributed by atoms with Crippen LogP contribution in [0.3, 0.4) is 0 Å². The summed E-state index contributed by atoms with van der Waals surface area (Å²) in [4.78, 5) is 2.30. The second-order valence-electron chi connectivity index (χ2n) is 5.58. The first-order valence-electron chi connectivity index (χ1n) is 8.41. The average Bonchev–Trinajstić information content (AvgIpc) is 2.59. The fourth-order valence-electron chi connectivity index (χ4n) is 2.28. The van der Waals surface area contributed by atoms with E-state index in [-0.39, 0.29) is 0 Å². The summed E-state index contributed by atoms with van der Waals surface area (Å²) in [5.74, 6) is 2.44. The largest absolute Gasteiger partial charge is 0.390 e. The lowest BCUT2D eigenvalue weighted by Gasteiger charge is -2.24. The Morgan fingerprint density at radius 1 is 1.26 bits per heavy atom. The Kier molecular flexibility index (Phi) is 10.5. The van der Waals surface area contributed by atoms with Crippen LogP contribution in [0.4, 0.5) is 5.69 Å². The summed E-state index contributed by atoms with van der Waals surface area (Å²) >= 11 is 2.01. The Balaban J connectivity index is 2.24. The third-order valence-electron chi connectivity index (χ3n) is 3.58. The van der Waals surface area contributed by atoms with Crippen LogP contribution < -0.4 is 5.32 Å². The molecule has 5 heteroatoms. The van der Waals surface area contributed by atoms with Crippen molar-refractivity contribution in [2.24, 2.45) is 0 Å². The predicted octanol–water partition coefficient (Wildman–Crippen LogP) is 3.19. The highest BCUT2D eigenvalue weighted by molar-refractivity contribution is 7.99. The van der Waals surface area contributed by atoms with Gasteiger partial charge in [-0.3, -0.25) is 0 Å². The summed E-state index contributed by atoms with van der Waals surface area (Å²) in [6.07, 6.45) is 2.02. The number of rotatable bonds is 12. The van der Waals surface area contributed by atoms with Gasteiger partial charge in [-0.05, 0) is 61.7 Å². The third-order valence-corrected chi connectivity index (χ3v) is 4.86. The molecule has 23 heavy (non-hydrogen) atoms. The average molecular weight is 336 g/mol. The van der Waals surface area contributed by atoms with Gasteiger partial charge in [-0.2, -0.15) is 17.0 Å².